The van der Waals surface area contributed by atoms with Gasteiger partial charge >= 0.3 is 5.97 Å². The number of hydrogen-bond acceptors (Lipinski definition) is 3. The van der Waals surface area contributed by atoms with Gasteiger partial charge in [0.05, 0.1) is 24.1 Å². The van der Waals surface area contributed by atoms with Crippen molar-refractivity contribution < 1.29 is 19.4 Å². The Morgan fingerprint density at radius 3 is 2.80 bits per heavy atom. The van der Waals surface area contributed by atoms with Crippen molar-refractivity contribution in [1.82, 2.24) is 4.90 Å². The topological polar surface area (TPSA) is 66.8 Å². The lowest BCUT2D eigenvalue weighted by Gasteiger charge is -2.36. The first-order valence-electron chi connectivity index (χ1n) is 8.59. The molecule has 0 radical (unpaired) electrons. The molecular formula is C20H21NO4. The van der Waals surface area contributed by atoms with Crippen LogP contribution < -0.4 is 0 Å². The molecule has 130 valence electrons. The number of ether oxygens (including phenoxy) is 1. The number of hydrogen-bond donors (Lipinski definition) is 1. The van der Waals surface area contributed by atoms with E-state index < -0.39 is 29.5 Å². The summed E-state index contributed by atoms with van der Waals surface area (Å²) in [7, 11) is 0. The van der Waals surface area contributed by atoms with Crippen LogP contribution in [0.3, 0.4) is 0 Å². The van der Waals surface area contributed by atoms with E-state index in [0.29, 0.717) is 6.42 Å². The molecule has 2 saturated heterocycles. The normalized spacial score (nSPS) is 36.5. The van der Waals surface area contributed by atoms with Gasteiger partial charge in [0.15, 0.2) is 0 Å². The molecule has 1 N–H and O–H groups in total. The van der Waals surface area contributed by atoms with Crippen molar-refractivity contribution in [3.8, 4) is 0 Å². The van der Waals surface area contributed by atoms with E-state index in [1.807, 2.05) is 48.2 Å². The summed E-state index contributed by atoms with van der Waals surface area (Å²) in [6.07, 6.45) is 5.52. The maximum absolute atomic E-state index is 13.3. The number of fused-ring (bicyclic) bond motifs is 1. The number of benzene rings is 1. The summed E-state index contributed by atoms with van der Waals surface area (Å²) < 4.78 is 6.11. The first-order valence-corrected chi connectivity index (χ1v) is 8.59. The highest BCUT2D eigenvalue weighted by molar-refractivity contribution is 5.91. The molecule has 0 unspecified atom stereocenters. The van der Waals surface area contributed by atoms with Gasteiger partial charge in [-0.2, -0.15) is 0 Å². The molecule has 2 bridgehead atoms. The van der Waals surface area contributed by atoms with Gasteiger partial charge in [0.25, 0.3) is 0 Å². The average molecular weight is 339 g/mol. The van der Waals surface area contributed by atoms with Crippen LogP contribution in [0.1, 0.15) is 24.9 Å². The van der Waals surface area contributed by atoms with Gasteiger partial charge in [-0.25, -0.2) is 0 Å². The second-order valence-electron chi connectivity index (χ2n) is 7.01. The molecule has 1 spiro atoms. The summed E-state index contributed by atoms with van der Waals surface area (Å²) in [5.41, 5.74) is 0.161. The summed E-state index contributed by atoms with van der Waals surface area (Å²) in [5, 5.41) is 9.65. The Morgan fingerprint density at radius 1 is 1.44 bits per heavy atom. The van der Waals surface area contributed by atoms with Gasteiger partial charge in [0.1, 0.15) is 11.5 Å². The molecular weight excluding hydrogens is 318 g/mol. The maximum atomic E-state index is 13.3. The lowest BCUT2D eigenvalue weighted by molar-refractivity contribution is -0.149. The summed E-state index contributed by atoms with van der Waals surface area (Å²) in [6, 6.07) is 9.37. The Bertz CT molecular complexity index is 758. The molecule has 1 aromatic rings. The molecule has 4 rings (SSSR count). The zero-order valence-electron chi connectivity index (χ0n) is 14.0. The second-order valence-corrected chi connectivity index (χ2v) is 7.01. The van der Waals surface area contributed by atoms with Crippen LogP contribution in [0.15, 0.2) is 55.1 Å². The number of carboxylic acids is 1. The van der Waals surface area contributed by atoms with Crippen LogP contribution in [0, 0.1) is 11.8 Å². The number of carbonyl (C=O) groups excluding carboxylic acids is 1. The van der Waals surface area contributed by atoms with Crippen molar-refractivity contribution >= 4 is 11.9 Å². The summed E-state index contributed by atoms with van der Waals surface area (Å²) in [5.74, 6) is -2.60. The fourth-order valence-electron chi connectivity index (χ4n) is 4.77. The summed E-state index contributed by atoms with van der Waals surface area (Å²) in [6.45, 7) is 5.81. The highest BCUT2D eigenvalue weighted by Crippen LogP contribution is 2.57. The molecule has 5 heteroatoms. The third-order valence-corrected chi connectivity index (χ3v) is 5.84. The molecule has 1 amide bonds. The molecule has 2 fully saturated rings. The van der Waals surface area contributed by atoms with E-state index >= 15 is 0 Å². The van der Waals surface area contributed by atoms with Gasteiger partial charge in [-0.15, -0.1) is 6.58 Å². The maximum Gasteiger partial charge on any atom is 0.310 e. The van der Waals surface area contributed by atoms with Crippen LogP contribution >= 0.6 is 0 Å². The van der Waals surface area contributed by atoms with Crippen LogP contribution in [-0.4, -0.2) is 39.6 Å². The number of carbonyl (C=O) groups is 2. The van der Waals surface area contributed by atoms with Gasteiger partial charge in [0, 0.05) is 0 Å². The molecule has 25 heavy (non-hydrogen) atoms. The van der Waals surface area contributed by atoms with Crippen LogP contribution in [0.5, 0.6) is 0 Å². The third-order valence-electron chi connectivity index (χ3n) is 5.84. The van der Waals surface area contributed by atoms with Gasteiger partial charge < -0.3 is 14.7 Å². The largest absolute Gasteiger partial charge is 0.481 e. The van der Waals surface area contributed by atoms with Crippen LogP contribution in [-0.2, 0) is 14.3 Å². The SMILES string of the molecule is C=CC[C@@H]1N([C@@H](C)c2ccccc2)C(=O)[C@@H]2[C@@H](C(=O)O)[C@@H]3C=C[C@]21O3. The first kappa shape index (κ1) is 16.1. The molecule has 1 aromatic carbocycles. The van der Waals surface area contributed by atoms with Crippen LogP contribution in [0.2, 0.25) is 0 Å². The van der Waals surface area contributed by atoms with E-state index in [4.69, 9.17) is 4.74 Å². The standard InChI is InChI=1S/C20H21NO4/c1-3-7-15-20-11-10-14(25-20)16(19(23)24)17(20)18(22)21(15)12(2)13-8-5-4-6-9-13/h3-6,8-12,14-17H,1,7H2,2H3,(H,23,24)/t12-,14-,15-,16-,17-,20+/m0/s1. The summed E-state index contributed by atoms with van der Waals surface area (Å²) >= 11 is 0. The number of nitrogens with zero attached hydrogens (tertiary/aromatic N) is 1. The predicted octanol–water partition coefficient (Wildman–Crippen LogP) is 2.56. The monoisotopic (exact) mass is 339 g/mol. The van der Waals surface area contributed by atoms with Crippen LogP contribution in [0.4, 0.5) is 0 Å². The van der Waals surface area contributed by atoms with Crippen molar-refractivity contribution in [2.75, 3.05) is 0 Å². The third kappa shape index (κ3) is 2.05. The number of carboxylic acid groups (broad SMARTS) is 1. The molecule has 3 heterocycles. The van der Waals surface area contributed by atoms with Crippen LogP contribution in [0.25, 0.3) is 0 Å². The minimum atomic E-state index is -0.971. The number of rotatable bonds is 5. The molecule has 6 atom stereocenters. The van der Waals surface area contributed by atoms with Gasteiger partial charge in [-0.1, -0.05) is 48.6 Å². The van der Waals surface area contributed by atoms with E-state index in [9.17, 15) is 14.7 Å². The Morgan fingerprint density at radius 2 is 2.16 bits per heavy atom. The second kappa shape index (κ2) is 5.56. The lowest BCUT2D eigenvalue weighted by atomic mass is 9.74. The lowest BCUT2D eigenvalue weighted by Crippen LogP contribution is -2.45. The van der Waals surface area contributed by atoms with E-state index in [-0.39, 0.29) is 18.0 Å². The van der Waals surface area contributed by atoms with E-state index in [2.05, 4.69) is 6.58 Å². The fourth-order valence-corrected chi connectivity index (χ4v) is 4.77. The average Bonchev–Trinajstić information content (AvgIpc) is 3.24. The highest BCUT2D eigenvalue weighted by Gasteiger charge is 2.71. The van der Waals surface area contributed by atoms with Crippen molar-refractivity contribution in [2.24, 2.45) is 11.8 Å². The molecule has 0 aliphatic carbocycles. The fraction of sp³-hybridized carbons (Fsp3) is 0.400. The zero-order chi connectivity index (χ0) is 17.8. The minimum Gasteiger partial charge on any atom is -0.481 e. The molecule has 3 aliphatic heterocycles. The Balaban J connectivity index is 1.78. The Kier molecular flexibility index (Phi) is 3.58. The number of likely N-dealkylation sites (tertiary alicyclic amines) is 1. The first-order chi connectivity index (χ1) is 12.0. The number of aliphatic carboxylic acids is 1. The van der Waals surface area contributed by atoms with E-state index in [0.717, 1.165) is 5.56 Å². The Labute approximate surface area is 146 Å². The summed E-state index contributed by atoms with van der Waals surface area (Å²) in [4.78, 5) is 26.9. The number of amides is 1. The molecule has 0 aromatic heterocycles. The molecule has 0 saturated carbocycles. The zero-order valence-corrected chi connectivity index (χ0v) is 14.0. The molecule has 5 nitrogen and oxygen atoms in total. The van der Waals surface area contributed by atoms with Gasteiger partial charge in [0.2, 0.25) is 5.91 Å². The highest BCUT2D eigenvalue weighted by atomic mass is 16.5. The smallest absolute Gasteiger partial charge is 0.310 e. The Hall–Kier alpha value is -2.40. The van der Waals surface area contributed by atoms with Gasteiger partial charge in [-0.3, -0.25) is 9.59 Å². The quantitative estimate of drug-likeness (QED) is 0.837. The van der Waals surface area contributed by atoms with E-state index in [1.54, 1.807) is 12.2 Å². The van der Waals surface area contributed by atoms with Crippen molar-refractivity contribution in [3.05, 3.63) is 60.7 Å². The molecule has 3 aliphatic rings. The van der Waals surface area contributed by atoms with Crippen molar-refractivity contribution in [1.29, 1.82) is 0 Å². The van der Waals surface area contributed by atoms with Gasteiger partial charge in [-0.05, 0) is 18.9 Å². The van der Waals surface area contributed by atoms with E-state index in [1.165, 1.54) is 0 Å². The van der Waals surface area contributed by atoms with Crippen molar-refractivity contribution in [2.45, 2.75) is 37.1 Å². The van der Waals surface area contributed by atoms with Crippen molar-refractivity contribution in [3.63, 3.8) is 0 Å². The predicted molar refractivity (Wildman–Crippen MR) is 91.7 cm³/mol. The minimum absolute atomic E-state index is 0.137.